The van der Waals surface area contributed by atoms with Crippen LogP contribution in [0.15, 0.2) is 36.1 Å². The Morgan fingerprint density at radius 3 is 2.54 bits per heavy atom. The first-order chi connectivity index (χ1) is 18.9. The van der Waals surface area contributed by atoms with Crippen LogP contribution in [0, 0.1) is 0 Å². The minimum absolute atomic E-state index is 0.0923. The zero-order chi connectivity index (χ0) is 27.1. The lowest BCUT2D eigenvalue weighted by Gasteiger charge is -2.33. The van der Waals surface area contributed by atoms with Crippen molar-refractivity contribution in [2.24, 2.45) is 0 Å². The van der Waals surface area contributed by atoms with E-state index in [1.54, 1.807) is 7.11 Å². The Hall–Kier alpha value is -3.49. The highest BCUT2D eigenvalue weighted by molar-refractivity contribution is 6.17. The molecule has 3 aliphatic rings. The van der Waals surface area contributed by atoms with E-state index < -0.39 is 0 Å². The van der Waals surface area contributed by atoms with Crippen LogP contribution in [0.3, 0.4) is 0 Å². The number of fused-ring (bicyclic) bond motifs is 2. The van der Waals surface area contributed by atoms with Gasteiger partial charge in [0, 0.05) is 73.6 Å². The number of methoxy groups -OCH3 is 1. The number of ketones is 1. The smallest absolute Gasteiger partial charge is 0.235 e. The number of allylic oxidation sites excluding steroid dienone is 1. The largest absolute Gasteiger partial charge is 0.508 e. The van der Waals surface area contributed by atoms with Crippen LogP contribution in [0.2, 0.25) is 0 Å². The molecule has 2 fully saturated rings. The highest BCUT2D eigenvalue weighted by Gasteiger charge is 2.33. The number of phenols is 2. The van der Waals surface area contributed by atoms with E-state index in [2.05, 4.69) is 33.5 Å². The maximum atomic E-state index is 13.4. The first-order valence-electron chi connectivity index (χ1n) is 14.0. The van der Waals surface area contributed by atoms with Crippen molar-refractivity contribution in [3.05, 3.63) is 52.9 Å². The average Bonchev–Trinajstić information content (AvgIpc) is 3.42. The molecular formula is C31H37N3O5. The quantitative estimate of drug-likeness (QED) is 0.434. The number of hydrogen-bond acceptors (Lipinski definition) is 7. The number of carbonyl (C=O) groups excluding carboxylic acids is 1. The van der Waals surface area contributed by atoms with Crippen LogP contribution in [0.5, 0.6) is 23.0 Å². The minimum Gasteiger partial charge on any atom is -0.508 e. The number of nitrogens with zero attached hydrogens (tertiary/aromatic N) is 3. The summed E-state index contributed by atoms with van der Waals surface area (Å²) in [7, 11) is 3.85. The maximum Gasteiger partial charge on any atom is 0.235 e. The molecule has 0 atom stereocenters. The molecule has 0 bridgehead atoms. The van der Waals surface area contributed by atoms with Crippen molar-refractivity contribution in [2.45, 2.75) is 44.6 Å². The van der Waals surface area contributed by atoms with Gasteiger partial charge in [-0.3, -0.25) is 9.69 Å². The molecule has 8 heteroatoms. The molecule has 1 saturated carbocycles. The summed E-state index contributed by atoms with van der Waals surface area (Å²) < 4.78 is 14.0. The number of carbonyl (C=O) groups is 1. The van der Waals surface area contributed by atoms with Crippen LogP contribution in [0.1, 0.15) is 59.6 Å². The molecule has 0 unspecified atom stereocenters. The third-order valence-electron chi connectivity index (χ3n) is 8.59. The van der Waals surface area contributed by atoms with E-state index >= 15 is 0 Å². The van der Waals surface area contributed by atoms with Gasteiger partial charge in [-0.05, 0) is 50.1 Å². The summed E-state index contributed by atoms with van der Waals surface area (Å²) >= 11 is 0. The molecule has 2 N–H and O–H groups in total. The fourth-order valence-electron chi connectivity index (χ4n) is 6.44. The SMILES string of the molecule is COc1ccc2c(c1)c(/C=C1\Oc3cc(O)cc(O)c3C1=O)c(C1CCCCC1)n2CCN1CCN(C)CC1. The van der Waals surface area contributed by atoms with Crippen molar-refractivity contribution < 1.29 is 24.5 Å². The number of aromatic nitrogens is 1. The monoisotopic (exact) mass is 531 g/mol. The number of Topliss-reactive ketones (excluding diaryl/α,β-unsaturated/α-hetero) is 1. The molecule has 3 heterocycles. The second-order valence-corrected chi connectivity index (χ2v) is 11.1. The predicted molar refractivity (Wildman–Crippen MR) is 151 cm³/mol. The standard InChI is InChI=1S/C31H37N3O5/c1-32-10-12-33(13-11-32)14-15-34-25-9-8-22(38-2)18-23(25)24(30(34)20-6-4-3-5-7-20)19-28-31(37)29-26(36)16-21(35)17-27(29)39-28/h8-9,16-20,35-36H,3-7,10-15H2,1-2H3/b28-19-. The Kier molecular flexibility index (Phi) is 6.99. The van der Waals surface area contributed by atoms with E-state index in [1.165, 1.54) is 37.1 Å². The third-order valence-corrected chi connectivity index (χ3v) is 8.59. The van der Waals surface area contributed by atoms with E-state index in [9.17, 15) is 15.0 Å². The highest BCUT2D eigenvalue weighted by Crippen LogP contribution is 2.44. The van der Waals surface area contributed by atoms with Gasteiger partial charge in [0.15, 0.2) is 5.76 Å². The average molecular weight is 532 g/mol. The molecule has 206 valence electrons. The van der Waals surface area contributed by atoms with Crippen LogP contribution in [-0.4, -0.2) is 77.2 Å². The van der Waals surface area contributed by atoms with Crippen LogP contribution in [0.25, 0.3) is 17.0 Å². The van der Waals surface area contributed by atoms with Crippen LogP contribution in [0.4, 0.5) is 0 Å². The Morgan fingerprint density at radius 1 is 1.03 bits per heavy atom. The number of likely N-dealkylation sites (N-methyl/N-ethyl adjacent to an activating group) is 1. The van der Waals surface area contributed by atoms with Gasteiger partial charge in [0.25, 0.3) is 0 Å². The molecule has 0 spiro atoms. The topological polar surface area (TPSA) is 87.4 Å². The molecular weight excluding hydrogens is 494 g/mol. The van der Waals surface area contributed by atoms with Gasteiger partial charge in [0.05, 0.1) is 7.11 Å². The third kappa shape index (κ3) is 4.87. The summed E-state index contributed by atoms with van der Waals surface area (Å²) in [4.78, 5) is 18.3. The number of hydrogen-bond donors (Lipinski definition) is 2. The Morgan fingerprint density at radius 2 is 1.79 bits per heavy atom. The van der Waals surface area contributed by atoms with Crippen molar-refractivity contribution in [2.75, 3.05) is 46.9 Å². The van der Waals surface area contributed by atoms with Crippen LogP contribution < -0.4 is 9.47 Å². The van der Waals surface area contributed by atoms with Crippen molar-refractivity contribution in [3.8, 4) is 23.0 Å². The van der Waals surface area contributed by atoms with Gasteiger partial charge in [-0.15, -0.1) is 0 Å². The lowest BCUT2D eigenvalue weighted by Crippen LogP contribution is -2.45. The second kappa shape index (κ2) is 10.6. The van der Waals surface area contributed by atoms with E-state index in [1.807, 2.05) is 12.1 Å². The van der Waals surface area contributed by atoms with Crippen LogP contribution in [-0.2, 0) is 6.54 Å². The summed E-state index contributed by atoms with van der Waals surface area (Å²) in [6.45, 7) is 6.13. The fraction of sp³-hybridized carbons (Fsp3) is 0.452. The number of aromatic hydroxyl groups is 2. The normalized spacial score (nSPS) is 20.1. The predicted octanol–water partition coefficient (Wildman–Crippen LogP) is 4.97. The Labute approximate surface area is 229 Å². The van der Waals surface area contributed by atoms with Gasteiger partial charge in [-0.1, -0.05) is 19.3 Å². The van der Waals surface area contributed by atoms with Crippen molar-refractivity contribution in [3.63, 3.8) is 0 Å². The Bertz CT molecular complexity index is 1430. The van der Waals surface area contributed by atoms with Gasteiger partial charge in [0.2, 0.25) is 5.78 Å². The first-order valence-corrected chi connectivity index (χ1v) is 14.0. The van der Waals surface area contributed by atoms with Gasteiger partial charge >= 0.3 is 0 Å². The van der Waals surface area contributed by atoms with Gasteiger partial charge in [-0.25, -0.2) is 0 Å². The first kappa shape index (κ1) is 25.8. The number of piperazine rings is 1. The minimum atomic E-state index is -0.377. The van der Waals surface area contributed by atoms with Gasteiger partial charge in [0.1, 0.15) is 28.6 Å². The fourth-order valence-corrected chi connectivity index (χ4v) is 6.44. The molecule has 6 rings (SSSR count). The molecule has 0 radical (unpaired) electrons. The lowest BCUT2D eigenvalue weighted by molar-refractivity contribution is 0.101. The molecule has 0 amide bonds. The number of ether oxygens (including phenoxy) is 2. The summed E-state index contributed by atoms with van der Waals surface area (Å²) in [5.41, 5.74) is 3.45. The summed E-state index contributed by atoms with van der Waals surface area (Å²) in [6, 6.07) is 8.73. The molecule has 39 heavy (non-hydrogen) atoms. The summed E-state index contributed by atoms with van der Waals surface area (Å²) in [6.07, 6.45) is 7.71. The molecule has 8 nitrogen and oxygen atoms in total. The highest BCUT2D eigenvalue weighted by atomic mass is 16.5. The molecule has 3 aromatic rings. The number of benzene rings is 2. The lowest BCUT2D eigenvalue weighted by atomic mass is 9.85. The van der Waals surface area contributed by atoms with Gasteiger partial charge in [-0.2, -0.15) is 0 Å². The molecule has 2 aromatic carbocycles. The molecule has 1 aromatic heterocycles. The van der Waals surface area contributed by atoms with E-state index in [4.69, 9.17) is 9.47 Å². The Balaban J connectivity index is 1.47. The van der Waals surface area contributed by atoms with Crippen LogP contribution >= 0.6 is 0 Å². The van der Waals surface area contributed by atoms with Crippen molar-refractivity contribution in [1.29, 1.82) is 0 Å². The number of rotatable bonds is 6. The molecule has 1 aliphatic carbocycles. The van der Waals surface area contributed by atoms with E-state index in [0.717, 1.165) is 74.3 Å². The molecule has 2 aliphatic heterocycles. The zero-order valence-corrected chi connectivity index (χ0v) is 22.8. The second-order valence-electron chi connectivity index (χ2n) is 11.1. The van der Waals surface area contributed by atoms with E-state index in [0.29, 0.717) is 5.92 Å². The van der Waals surface area contributed by atoms with E-state index in [-0.39, 0.29) is 34.4 Å². The zero-order valence-electron chi connectivity index (χ0n) is 22.8. The summed E-state index contributed by atoms with van der Waals surface area (Å²) in [5.74, 6) is 0.683. The summed E-state index contributed by atoms with van der Waals surface area (Å²) in [5, 5.41) is 21.3. The van der Waals surface area contributed by atoms with Gasteiger partial charge < -0.3 is 29.2 Å². The number of phenolic OH excluding ortho intramolecular Hbond substituents is 2. The van der Waals surface area contributed by atoms with Crippen molar-refractivity contribution >= 4 is 22.8 Å². The maximum absolute atomic E-state index is 13.4. The van der Waals surface area contributed by atoms with Crippen molar-refractivity contribution in [1.82, 2.24) is 14.4 Å². The molecule has 1 saturated heterocycles.